The van der Waals surface area contributed by atoms with Gasteiger partial charge >= 0.3 is 0 Å². The highest BCUT2D eigenvalue weighted by molar-refractivity contribution is 6.02. The number of rotatable bonds is 2. The van der Waals surface area contributed by atoms with Gasteiger partial charge in [0, 0.05) is 17.2 Å². The molecule has 3 unspecified atom stereocenters. The van der Waals surface area contributed by atoms with Crippen molar-refractivity contribution in [1.29, 1.82) is 0 Å². The van der Waals surface area contributed by atoms with E-state index in [1.54, 1.807) is 0 Å². The highest BCUT2D eigenvalue weighted by Crippen LogP contribution is 2.60. The minimum Gasteiger partial charge on any atom is -0.399 e. The van der Waals surface area contributed by atoms with Crippen molar-refractivity contribution in [3.63, 3.8) is 0 Å². The van der Waals surface area contributed by atoms with Crippen LogP contribution in [0.1, 0.15) is 39.4 Å². The molecule has 4 rings (SSSR count). The molecule has 1 fully saturated rings. The van der Waals surface area contributed by atoms with Crippen molar-refractivity contribution in [2.24, 2.45) is 11.8 Å². The number of hydrogen-bond donors (Lipinski definition) is 1. The van der Waals surface area contributed by atoms with Crippen molar-refractivity contribution >= 4 is 11.5 Å². The molecule has 2 N–H and O–H groups in total. The number of fused-ring (bicyclic) bond motifs is 3. The molecule has 2 aliphatic rings. The van der Waals surface area contributed by atoms with Crippen LogP contribution in [0.4, 0.5) is 5.69 Å². The smallest absolute Gasteiger partial charge is 0.167 e. The number of aryl methyl sites for hydroxylation is 2. The summed E-state index contributed by atoms with van der Waals surface area (Å²) in [7, 11) is 0. The van der Waals surface area contributed by atoms with Gasteiger partial charge in [-0.05, 0) is 66.5 Å². The monoisotopic (exact) mass is 277 g/mol. The standard InChI is InChI=1S/C19H19NO/c1-11-10-13(20)7-9-14(11)19(21)18-16-8-6-12-4-2-3-5-15(12)17(16)18/h2-5,7,9-10,16-18H,6,8,20H2,1H3. The van der Waals surface area contributed by atoms with Crippen molar-refractivity contribution in [1.82, 2.24) is 0 Å². The number of benzene rings is 2. The maximum atomic E-state index is 12.9. The lowest BCUT2D eigenvalue weighted by Gasteiger charge is -2.13. The summed E-state index contributed by atoms with van der Waals surface area (Å²) in [5.74, 6) is 1.47. The van der Waals surface area contributed by atoms with Gasteiger partial charge in [0.25, 0.3) is 0 Å². The van der Waals surface area contributed by atoms with Crippen molar-refractivity contribution in [3.8, 4) is 0 Å². The molecule has 2 heteroatoms. The second-order valence-electron chi connectivity index (χ2n) is 6.39. The van der Waals surface area contributed by atoms with Crippen LogP contribution in [0.25, 0.3) is 0 Å². The minimum absolute atomic E-state index is 0.177. The Morgan fingerprint density at radius 1 is 1.19 bits per heavy atom. The molecule has 0 amide bonds. The first-order valence-corrected chi connectivity index (χ1v) is 7.65. The van der Waals surface area contributed by atoms with Crippen LogP contribution >= 0.6 is 0 Å². The zero-order valence-electron chi connectivity index (χ0n) is 12.2. The van der Waals surface area contributed by atoms with E-state index in [0.29, 0.717) is 17.6 Å². The van der Waals surface area contributed by atoms with Crippen LogP contribution < -0.4 is 5.73 Å². The summed E-state index contributed by atoms with van der Waals surface area (Å²) in [6, 6.07) is 14.2. The normalized spacial score (nSPS) is 25.9. The molecule has 2 aliphatic carbocycles. The number of carbonyl (C=O) groups is 1. The third kappa shape index (κ3) is 1.90. The van der Waals surface area contributed by atoms with Gasteiger partial charge < -0.3 is 5.73 Å². The van der Waals surface area contributed by atoms with Gasteiger partial charge in [0.05, 0.1) is 0 Å². The van der Waals surface area contributed by atoms with Crippen LogP contribution in [0.15, 0.2) is 42.5 Å². The molecule has 2 nitrogen and oxygen atoms in total. The molecule has 0 aromatic heterocycles. The second-order valence-corrected chi connectivity index (χ2v) is 6.39. The Bertz CT molecular complexity index is 734. The zero-order valence-corrected chi connectivity index (χ0v) is 12.2. The van der Waals surface area contributed by atoms with Crippen LogP contribution in [-0.2, 0) is 6.42 Å². The first-order chi connectivity index (χ1) is 10.2. The van der Waals surface area contributed by atoms with Crippen molar-refractivity contribution in [2.75, 3.05) is 5.73 Å². The third-order valence-corrected chi connectivity index (χ3v) is 5.15. The quantitative estimate of drug-likeness (QED) is 0.671. The molecule has 0 aliphatic heterocycles. The lowest BCUT2D eigenvalue weighted by atomic mass is 9.92. The van der Waals surface area contributed by atoms with Crippen LogP contribution in [0.5, 0.6) is 0 Å². The molecule has 1 saturated carbocycles. The summed E-state index contributed by atoms with van der Waals surface area (Å²) in [5, 5.41) is 0. The zero-order chi connectivity index (χ0) is 14.6. The second kappa shape index (κ2) is 4.45. The van der Waals surface area contributed by atoms with Gasteiger partial charge in [0.15, 0.2) is 5.78 Å². The number of Topliss-reactive ketones (excluding diaryl/α,β-unsaturated/α-hetero) is 1. The Morgan fingerprint density at radius 3 is 2.81 bits per heavy atom. The molecular formula is C19H19NO. The van der Waals surface area contributed by atoms with E-state index in [1.165, 1.54) is 11.1 Å². The maximum Gasteiger partial charge on any atom is 0.167 e. The molecule has 0 radical (unpaired) electrons. The Hall–Kier alpha value is -2.09. The van der Waals surface area contributed by atoms with E-state index in [1.807, 2.05) is 25.1 Å². The molecule has 0 heterocycles. The number of nitrogens with two attached hydrogens (primary N) is 1. The molecule has 3 atom stereocenters. The van der Waals surface area contributed by atoms with E-state index in [9.17, 15) is 4.79 Å². The molecule has 2 aromatic rings. The van der Waals surface area contributed by atoms with Gasteiger partial charge in [-0.15, -0.1) is 0 Å². The van der Waals surface area contributed by atoms with E-state index in [2.05, 4.69) is 24.3 Å². The van der Waals surface area contributed by atoms with Crippen LogP contribution in [0.2, 0.25) is 0 Å². The lowest BCUT2D eigenvalue weighted by Crippen LogP contribution is -2.06. The van der Waals surface area contributed by atoms with E-state index in [0.717, 1.165) is 29.7 Å². The van der Waals surface area contributed by atoms with E-state index >= 15 is 0 Å². The fraction of sp³-hybridized carbons (Fsp3) is 0.316. The Kier molecular flexibility index (Phi) is 2.68. The van der Waals surface area contributed by atoms with Gasteiger partial charge in [-0.3, -0.25) is 4.79 Å². The van der Waals surface area contributed by atoms with Crippen LogP contribution in [-0.4, -0.2) is 5.78 Å². The fourth-order valence-electron chi connectivity index (χ4n) is 4.07. The summed E-state index contributed by atoms with van der Waals surface area (Å²) in [6.07, 6.45) is 2.26. The minimum atomic E-state index is 0.177. The average molecular weight is 277 g/mol. The predicted molar refractivity (Wildman–Crippen MR) is 84.4 cm³/mol. The van der Waals surface area contributed by atoms with Crippen molar-refractivity contribution in [3.05, 3.63) is 64.7 Å². The molecule has 0 spiro atoms. The predicted octanol–water partition coefficient (Wildman–Crippen LogP) is 3.74. The molecule has 21 heavy (non-hydrogen) atoms. The lowest BCUT2D eigenvalue weighted by molar-refractivity contribution is 0.0958. The van der Waals surface area contributed by atoms with E-state index in [-0.39, 0.29) is 5.92 Å². The summed E-state index contributed by atoms with van der Waals surface area (Å²) >= 11 is 0. The van der Waals surface area contributed by atoms with Gasteiger partial charge in [-0.25, -0.2) is 0 Å². The number of nitrogen functional groups attached to an aromatic ring is 1. The fourth-order valence-corrected chi connectivity index (χ4v) is 4.07. The molecule has 106 valence electrons. The number of hydrogen-bond acceptors (Lipinski definition) is 2. The summed E-state index contributed by atoms with van der Waals surface area (Å²) in [5.41, 5.74) is 11.2. The molecule has 0 bridgehead atoms. The van der Waals surface area contributed by atoms with E-state index < -0.39 is 0 Å². The van der Waals surface area contributed by atoms with Crippen LogP contribution in [0.3, 0.4) is 0 Å². The number of ketones is 1. The van der Waals surface area contributed by atoms with Gasteiger partial charge in [-0.1, -0.05) is 24.3 Å². The Labute approximate surface area is 125 Å². The third-order valence-electron chi connectivity index (χ3n) is 5.15. The van der Waals surface area contributed by atoms with Gasteiger partial charge in [0.1, 0.15) is 0 Å². The summed E-state index contributed by atoms with van der Waals surface area (Å²) < 4.78 is 0. The highest BCUT2D eigenvalue weighted by atomic mass is 16.1. The molecular weight excluding hydrogens is 258 g/mol. The van der Waals surface area contributed by atoms with Crippen molar-refractivity contribution in [2.45, 2.75) is 25.7 Å². The highest BCUT2D eigenvalue weighted by Gasteiger charge is 2.56. The molecule has 0 saturated heterocycles. The summed E-state index contributed by atoms with van der Waals surface area (Å²) in [4.78, 5) is 12.9. The first kappa shape index (κ1) is 12.6. The first-order valence-electron chi connectivity index (χ1n) is 7.65. The average Bonchev–Trinajstić information content (AvgIpc) is 3.21. The Morgan fingerprint density at radius 2 is 2.00 bits per heavy atom. The van der Waals surface area contributed by atoms with Gasteiger partial charge in [-0.2, -0.15) is 0 Å². The van der Waals surface area contributed by atoms with Crippen molar-refractivity contribution < 1.29 is 4.79 Å². The Balaban J connectivity index is 1.66. The largest absolute Gasteiger partial charge is 0.399 e. The topological polar surface area (TPSA) is 43.1 Å². The van der Waals surface area contributed by atoms with E-state index in [4.69, 9.17) is 5.73 Å². The maximum absolute atomic E-state index is 12.9. The summed E-state index contributed by atoms with van der Waals surface area (Å²) in [6.45, 7) is 1.98. The number of anilines is 1. The number of carbonyl (C=O) groups excluding carboxylic acids is 1. The molecule has 2 aromatic carbocycles. The van der Waals surface area contributed by atoms with Gasteiger partial charge in [0.2, 0.25) is 0 Å². The SMILES string of the molecule is Cc1cc(N)ccc1C(=O)C1C2CCc3ccccc3C21. The van der Waals surface area contributed by atoms with Crippen LogP contribution in [0, 0.1) is 18.8 Å².